The maximum atomic E-state index is 5.54. The summed E-state index contributed by atoms with van der Waals surface area (Å²) in [6.07, 6.45) is 1.25. The zero-order chi connectivity index (χ0) is 10.2. The second kappa shape index (κ2) is 3.51. The standard InChI is InChI=1S/C10H17N3S/c1-10(2)3-4-13(7-10)9-12-8(5-11)6-14-9/h6H,3-5,7,11H2,1-2H3. The van der Waals surface area contributed by atoms with E-state index in [0.29, 0.717) is 12.0 Å². The summed E-state index contributed by atoms with van der Waals surface area (Å²) in [6.45, 7) is 7.41. The molecular formula is C10H17N3S. The van der Waals surface area contributed by atoms with Gasteiger partial charge < -0.3 is 10.6 Å². The van der Waals surface area contributed by atoms with Gasteiger partial charge in [0.25, 0.3) is 0 Å². The van der Waals surface area contributed by atoms with Crippen LogP contribution in [0.4, 0.5) is 5.13 Å². The van der Waals surface area contributed by atoms with Crippen LogP contribution in [-0.4, -0.2) is 18.1 Å². The first kappa shape index (κ1) is 9.93. The summed E-state index contributed by atoms with van der Waals surface area (Å²) in [5, 5.41) is 3.19. The number of aromatic nitrogens is 1. The van der Waals surface area contributed by atoms with Gasteiger partial charge in [0.15, 0.2) is 5.13 Å². The number of hydrogen-bond acceptors (Lipinski definition) is 4. The van der Waals surface area contributed by atoms with E-state index in [-0.39, 0.29) is 0 Å². The molecule has 0 amide bonds. The highest BCUT2D eigenvalue weighted by Crippen LogP contribution is 2.33. The largest absolute Gasteiger partial charge is 0.348 e. The molecular weight excluding hydrogens is 194 g/mol. The van der Waals surface area contributed by atoms with Crippen molar-refractivity contribution in [3.8, 4) is 0 Å². The Kier molecular flexibility index (Phi) is 2.49. The number of nitrogens with two attached hydrogens (primary N) is 1. The van der Waals surface area contributed by atoms with Gasteiger partial charge in [0, 0.05) is 25.0 Å². The van der Waals surface area contributed by atoms with Crippen LogP contribution in [0.2, 0.25) is 0 Å². The first-order chi connectivity index (χ1) is 6.61. The molecule has 0 spiro atoms. The Morgan fingerprint density at radius 2 is 2.43 bits per heavy atom. The summed E-state index contributed by atoms with van der Waals surface area (Å²) in [5.74, 6) is 0. The van der Waals surface area contributed by atoms with Gasteiger partial charge in [-0.05, 0) is 11.8 Å². The fraction of sp³-hybridized carbons (Fsp3) is 0.700. The summed E-state index contributed by atoms with van der Waals surface area (Å²) in [6, 6.07) is 0. The Bertz CT molecular complexity index is 319. The smallest absolute Gasteiger partial charge is 0.185 e. The van der Waals surface area contributed by atoms with E-state index < -0.39 is 0 Å². The maximum absolute atomic E-state index is 5.54. The third kappa shape index (κ3) is 1.91. The van der Waals surface area contributed by atoms with Crippen LogP contribution >= 0.6 is 11.3 Å². The number of thiazole rings is 1. The number of hydrogen-bond donors (Lipinski definition) is 1. The highest BCUT2D eigenvalue weighted by atomic mass is 32.1. The Hall–Kier alpha value is -0.610. The average molecular weight is 211 g/mol. The minimum absolute atomic E-state index is 0.439. The van der Waals surface area contributed by atoms with Gasteiger partial charge in [-0.1, -0.05) is 13.8 Å². The van der Waals surface area contributed by atoms with Gasteiger partial charge in [0.1, 0.15) is 0 Å². The molecule has 1 aromatic rings. The first-order valence-corrected chi connectivity index (χ1v) is 5.88. The molecule has 0 unspecified atom stereocenters. The normalized spacial score (nSPS) is 20.4. The summed E-state index contributed by atoms with van der Waals surface area (Å²) in [5.41, 5.74) is 6.99. The van der Waals surface area contributed by atoms with E-state index in [1.54, 1.807) is 11.3 Å². The van der Waals surface area contributed by atoms with Crippen LogP contribution < -0.4 is 10.6 Å². The van der Waals surface area contributed by atoms with Crippen LogP contribution in [-0.2, 0) is 6.54 Å². The lowest BCUT2D eigenvalue weighted by atomic mass is 9.93. The van der Waals surface area contributed by atoms with Gasteiger partial charge >= 0.3 is 0 Å². The van der Waals surface area contributed by atoms with Crippen LogP contribution in [0.1, 0.15) is 26.0 Å². The molecule has 1 aromatic heterocycles. The molecule has 0 aliphatic carbocycles. The molecule has 0 bridgehead atoms. The minimum Gasteiger partial charge on any atom is -0.348 e. The van der Waals surface area contributed by atoms with Crippen LogP contribution in [0.25, 0.3) is 0 Å². The third-order valence-electron chi connectivity index (χ3n) is 2.70. The van der Waals surface area contributed by atoms with Crippen molar-refractivity contribution in [2.75, 3.05) is 18.0 Å². The van der Waals surface area contributed by atoms with Crippen molar-refractivity contribution in [2.45, 2.75) is 26.8 Å². The van der Waals surface area contributed by atoms with Crippen LogP contribution in [0.5, 0.6) is 0 Å². The predicted molar refractivity (Wildman–Crippen MR) is 60.6 cm³/mol. The molecule has 2 heterocycles. The van der Waals surface area contributed by atoms with E-state index in [2.05, 4.69) is 29.1 Å². The fourth-order valence-electron chi connectivity index (χ4n) is 1.81. The maximum Gasteiger partial charge on any atom is 0.185 e. The lowest BCUT2D eigenvalue weighted by molar-refractivity contribution is 0.418. The Balaban J connectivity index is 2.09. The fourth-order valence-corrected chi connectivity index (χ4v) is 2.68. The second-order valence-electron chi connectivity index (χ2n) is 4.66. The molecule has 1 fully saturated rings. The summed E-state index contributed by atoms with van der Waals surface area (Å²) >= 11 is 1.71. The summed E-state index contributed by atoms with van der Waals surface area (Å²) < 4.78 is 0. The number of rotatable bonds is 2. The van der Waals surface area contributed by atoms with Crippen molar-refractivity contribution in [1.82, 2.24) is 4.98 Å². The molecule has 78 valence electrons. The lowest BCUT2D eigenvalue weighted by Gasteiger charge is -2.18. The zero-order valence-corrected chi connectivity index (χ0v) is 9.60. The molecule has 2 rings (SSSR count). The Labute approximate surface area is 88.9 Å². The SMILES string of the molecule is CC1(C)CCN(c2nc(CN)cs2)C1. The second-order valence-corrected chi connectivity index (χ2v) is 5.50. The molecule has 1 saturated heterocycles. The van der Waals surface area contributed by atoms with E-state index in [4.69, 9.17) is 5.73 Å². The van der Waals surface area contributed by atoms with Crippen LogP contribution in [0.15, 0.2) is 5.38 Å². The van der Waals surface area contributed by atoms with Crippen molar-refractivity contribution in [3.63, 3.8) is 0 Å². The quantitative estimate of drug-likeness (QED) is 0.811. The molecule has 2 N–H and O–H groups in total. The molecule has 1 aliphatic rings. The Morgan fingerprint density at radius 1 is 1.64 bits per heavy atom. The van der Waals surface area contributed by atoms with Gasteiger partial charge in [-0.2, -0.15) is 0 Å². The van der Waals surface area contributed by atoms with Crippen molar-refractivity contribution in [3.05, 3.63) is 11.1 Å². The van der Waals surface area contributed by atoms with E-state index in [9.17, 15) is 0 Å². The third-order valence-corrected chi connectivity index (χ3v) is 3.65. The van der Waals surface area contributed by atoms with Crippen molar-refractivity contribution in [1.29, 1.82) is 0 Å². The molecule has 4 heteroatoms. The van der Waals surface area contributed by atoms with E-state index in [1.165, 1.54) is 6.42 Å². The van der Waals surface area contributed by atoms with Crippen molar-refractivity contribution in [2.24, 2.45) is 11.1 Å². The van der Waals surface area contributed by atoms with Crippen molar-refractivity contribution >= 4 is 16.5 Å². The zero-order valence-electron chi connectivity index (χ0n) is 8.79. The van der Waals surface area contributed by atoms with Gasteiger partial charge in [0.05, 0.1) is 5.69 Å². The summed E-state index contributed by atoms with van der Waals surface area (Å²) in [4.78, 5) is 6.86. The average Bonchev–Trinajstić information content (AvgIpc) is 2.70. The summed E-state index contributed by atoms with van der Waals surface area (Å²) in [7, 11) is 0. The molecule has 14 heavy (non-hydrogen) atoms. The van der Waals surface area contributed by atoms with E-state index >= 15 is 0 Å². The van der Waals surface area contributed by atoms with Gasteiger partial charge in [-0.25, -0.2) is 4.98 Å². The molecule has 0 saturated carbocycles. The molecule has 1 aliphatic heterocycles. The van der Waals surface area contributed by atoms with Gasteiger partial charge in [-0.15, -0.1) is 11.3 Å². The molecule has 0 aromatic carbocycles. The van der Waals surface area contributed by atoms with Crippen LogP contribution in [0.3, 0.4) is 0 Å². The van der Waals surface area contributed by atoms with E-state index in [0.717, 1.165) is 23.9 Å². The highest BCUT2D eigenvalue weighted by Gasteiger charge is 2.30. The lowest BCUT2D eigenvalue weighted by Crippen LogP contribution is -2.22. The van der Waals surface area contributed by atoms with Crippen LogP contribution in [0, 0.1) is 5.41 Å². The molecule has 0 atom stereocenters. The molecule has 0 radical (unpaired) electrons. The molecule has 3 nitrogen and oxygen atoms in total. The van der Waals surface area contributed by atoms with Crippen molar-refractivity contribution < 1.29 is 0 Å². The first-order valence-electron chi connectivity index (χ1n) is 5.00. The van der Waals surface area contributed by atoms with Gasteiger partial charge in [0.2, 0.25) is 0 Å². The number of nitrogens with zero attached hydrogens (tertiary/aromatic N) is 2. The highest BCUT2D eigenvalue weighted by molar-refractivity contribution is 7.13. The van der Waals surface area contributed by atoms with E-state index in [1.807, 2.05) is 0 Å². The Morgan fingerprint density at radius 3 is 2.93 bits per heavy atom. The minimum atomic E-state index is 0.439. The van der Waals surface area contributed by atoms with Gasteiger partial charge in [-0.3, -0.25) is 0 Å². The number of anilines is 1. The topological polar surface area (TPSA) is 42.2 Å². The monoisotopic (exact) mass is 211 g/mol. The predicted octanol–water partition coefficient (Wildman–Crippen LogP) is 1.84.